The smallest absolute Gasteiger partial charge is 0.128 e. The second-order valence-corrected chi connectivity index (χ2v) is 6.38. The molecular formula is C16H17FIN3. The monoisotopic (exact) mass is 397 g/mol. The van der Waals surface area contributed by atoms with Crippen LogP contribution in [0.1, 0.15) is 12.8 Å². The number of aromatic nitrogens is 1. The second-order valence-electron chi connectivity index (χ2n) is 5.22. The number of rotatable bonds is 3. The van der Waals surface area contributed by atoms with Crippen LogP contribution in [0, 0.1) is 9.39 Å². The van der Waals surface area contributed by atoms with Crippen molar-refractivity contribution >= 4 is 34.1 Å². The Morgan fingerprint density at radius 1 is 1.19 bits per heavy atom. The zero-order valence-corrected chi connectivity index (χ0v) is 13.8. The Balaban J connectivity index is 1.59. The van der Waals surface area contributed by atoms with Crippen molar-refractivity contribution in [3.05, 3.63) is 52.0 Å². The van der Waals surface area contributed by atoms with Crippen LogP contribution in [0.2, 0.25) is 0 Å². The van der Waals surface area contributed by atoms with Crippen LogP contribution in [-0.2, 0) is 0 Å². The van der Waals surface area contributed by atoms with Gasteiger partial charge in [-0.25, -0.2) is 9.37 Å². The van der Waals surface area contributed by atoms with E-state index in [1.54, 1.807) is 6.07 Å². The summed E-state index contributed by atoms with van der Waals surface area (Å²) in [6.07, 6.45) is 3.95. The molecule has 1 aliphatic heterocycles. The molecule has 1 aromatic carbocycles. The number of benzene rings is 1. The minimum Gasteiger partial charge on any atom is -0.381 e. The largest absolute Gasteiger partial charge is 0.381 e. The van der Waals surface area contributed by atoms with Gasteiger partial charge in [-0.15, -0.1) is 0 Å². The highest BCUT2D eigenvalue weighted by Crippen LogP contribution is 2.24. The Morgan fingerprint density at radius 3 is 2.67 bits per heavy atom. The van der Waals surface area contributed by atoms with Crippen LogP contribution in [0.3, 0.4) is 0 Å². The van der Waals surface area contributed by atoms with E-state index < -0.39 is 0 Å². The first-order valence-electron chi connectivity index (χ1n) is 7.10. The lowest BCUT2D eigenvalue weighted by molar-refractivity contribution is 0.523. The molecule has 0 bridgehead atoms. The summed E-state index contributed by atoms with van der Waals surface area (Å²) in [5.41, 5.74) is 1.02. The van der Waals surface area contributed by atoms with Gasteiger partial charge in [0.05, 0.1) is 0 Å². The lowest BCUT2D eigenvalue weighted by atomic mass is 10.0. The van der Waals surface area contributed by atoms with E-state index >= 15 is 0 Å². The molecular weight excluding hydrogens is 380 g/mol. The fourth-order valence-electron chi connectivity index (χ4n) is 2.62. The molecule has 3 rings (SSSR count). The highest BCUT2D eigenvalue weighted by molar-refractivity contribution is 14.1. The van der Waals surface area contributed by atoms with E-state index in [-0.39, 0.29) is 5.82 Å². The maximum atomic E-state index is 13.1. The Labute approximate surface area is 137 Å². The average Bonchev–Trinajstić information content (AvgIpc) is 2.52. The molecule has 0 unspecified atom stereocenters. The quantitative estimate of drug-likeness (QED) is 0.797. The molecule has 1 aromatic heterocycles. The van der Waals surface area contributed by atoms with Crippen LogP contribution in [0.5, 0.6) is 0 Å². The molecule has 0 amide bonds. The Kier molecular flexibility index (Phi) is 4.57. The summed E-state index contributed by atoms with van der Waals surface area (Å²) in [6, 6.07) is 11.3. The van der Waals surface area contributed by atoms with Crippen LogP contribution >= 0.6 is 22.6 Å². The Hall–Kier alpha value is -1.37. The molecule has 1 saturated heterocycles. The van der Waals surface area contributed by atoms with E-state index in [2.05, 4.69) is 43.9 Å². The highest BCUT2D eigenvalue weighted by Gasteiger charge is 2.20. The van der Waals surface area contributed by atoms with Crippen molar-refractivity contribution in [1.82, 2.24) is 4.98 Å². The summed E-state index contributed by atoms with van der Waals surface area (Å²) in [7, 11) is 0. The molecule has 1 fully saturated rings. The van der Waals surface area contributed by atoms with Crippen LogP contribution in [0.25, 0.3) is 0 Å². The van der Waals surface area contributed by atoms with Crippen LogP contribution in [0.4, 0.5) is 15.9 Å². The van der Waals surface area contributed by atoms with Crippen molar-refractivity contribution in [3.8, 4) is 0 Å². The van der Waals surface area contributed by atoms with Gasteiger partial charge in [-0.3, -0.25) is 0 Å². The number of hydrogen-bond acceptors (Lipinski definition) is 3. The number of anilines is 2. The van der Waals surface area contributed by atoms with E-state index in [4.69, 9.17) is 0 Å². The van der Waals surface area contributed by atoms with Crippen LogP contribution in [-0.4, -0.2) is 24.1 Å². The van der Waals surface area contributed by atoms with Gasteiger partial charge in [0.1, 0.15) is 11.6 Å². The fourth-order valence-corrected chi connectivity index (χ4v) is 3.25. The van der Waals surface area contributed by atoms with E-state index in [9.17, 15) is 4.39 Å². The van der Waals surface area contributed by atoms with Gasteiger partial charge in [0.2, 0.25) is 0 Å². The molecule has 0 radical (unpaired) electrons. The summed E-state index contributed by atoms with van der Waals surface area (Å²) < 4.78 is 14.0. The molecule has 1 aliphatic rings. The number of halogens is 2. The molecule has 110 valence electrons. The lowest BCUT2D eigenvalue weighted by Crippen LogP contribution is -2.39. The number of hydrogen-bond donors (Lipinski definition) is 1. The van der Waals surface area contributed by atoms with Gasteiger partial charge in [-0.05, 0) is 65.8 Å². The van der Waals surface area contributed by atoms with Crippen molar-refractivity contribution in [3.63, 3.8) is 0 Å². The summed E-state index contributed by atoms with van der Waals surface area (Å²) >= 11 is 2.17. The molecule has 21 heavy (non-hydrogen) atoms. The standard InChI is InChI=1S/C16H17FIN3/c17-12-4-5-15(14(18)11-12)20-13-6-9-21(10-7-13)16-3-1-2-8-19-16/h1-5,8,11,13,20H,6-7,9-10H2. The normalized spacial score (nSPS) is 16.0. The van der Waals surface area contributed by atoms with Crippen molar-refractivity contribution in [2.45, 2.75) is 18.9 Å². The Morgan fingerprint density at radius 2 is 2.00 bits per heavy atom. The molecule has 0 saturated carbocycles. The SMILES string of the molecule is Fc1ccc(NC2CCN(c3ccccn3)CC2)c(I)c1. The molecule has 0 atom stereocenters. The van der Waals surface area contributed by atoms with E-state index in [0.717, 1.165) is 41.0 Å². The first-order valence-corrected chi connectivity index (χ1v) is 8.18. The molecule has 2 aromatic rings. The zero-order chi connectivity index (χ0) is 14.7. The molecule has 1 N–H and O–H groups in total. The van der Waals surface area contributed by atoms with Gasteiger partial charge in [0.15, 0.2) is 0 Å². The first kappa shape index (κ1) is 14.6. The average molecular weight is 397 g/mol. The first-order chi connectivity index (χ1) is 10.2. The van der Waals surface area contributed by atoms with E-state index in [1.807, 2.05) is 24.4 Å². The molecule has 2 heterocycles. The molecule has 0 spiro atoms. The second kappa shape index (κ2) is 6.60. The summed E-state index contributed by atoms with van der Waals surface area (Å²) in [6.45, 7) is 1.99. The molecule has 0 aliphatic carbocycles. The van der Waals surface area contributed by atoms with Crippen molar-refractivity contribution in [2.24, 2.45) is 0 Å². The summed E-state index contributed by atoms with van der Waals surface area (Å²) in [5.74, 6) is 0.863. The minimum atomic E-state index is -0.185. The van der Waals surface area contributed by atoms with Crippen molar-refractivity contribution in [2.75, 3.05) is 23.3 Å². The number of pyridine rings is 1. The van der Waals surface area contributed by atoms with Crippen LogP contribution < -0.4 is 10.2 Å². The third-order valence-corrected chi connectivity index (χ3v) is 4.65. The molecule has 5 heteroatoms. The van der Waals surface area contributed by atoms with E-state index in [1.165, 1.54) is 6.07 Å². The van der Waals surface area contributed by atoms with Gasteiger partial charge < -0.3 is 10.2 Å². The highest BCUT2D eigenvalue weighted by atomic mass is 127. The molecule has 3 nitrogen and oxygen atoms in total. The summed E-state index contributed by atoms with van der Waals surface area (Å²) in [5, 5.41) is 3.53. The topological polar surface area (TPSA) is 28.2 Å². The van der Waals surface area contributed by atoms with E-state index in [0.29, 0.717) is 6.04 Å². The number of piperidine rings is 1. The van der Waals surface area contributed by atoms with Crippen molar-refractivity contribution < 1.29 is 4.39 Å². The maximum Gasteiger partial charge on any atom is 0.128 e. The number of nitrogens with zero attached hydrogens (tertiary/aromatic N) is 2. The van der Waals surface area contributed by atoms with Gasteiger partial charge in [-0.1, -0.05) is 6.07 Å². The summed E-state index contributed by atoms with van der Waals surface area (Å²) in [4.78, 5) is 6.71. The van der Waals surface area contributed by atoms with Gasteiger partial charge >= 0.3 is 0 Å². The maximum absolute atomic E-state index is 13.1. The van der Waals surface area contributed by atoms with Gasteiger partial charge in [0.25, 0.3) is 0 Å². The lowest BCUT2D eigenvalue weighted by Gasteiger charge is -2.33. The third-order valence-electron chi connectivity index (χ3n) is 3.76. The number of nitrogens with one attached hydrogen (secondary N) is 1. The van der Waals surface area contributed by atoms with Gasteiger partial charge in [0, 0.05) is 34.6 Å². The van der Waals surface area contributed by atoms with Crippen LogP contribution in [0.15, 0.2) is 42.6 Å². The minimum absolute atomic E-state index is 0.185. The fraction of sp³-hybridized carbons (Fsp3) is 0.312. The van der Waals surface area contributed by atoms with Gasteiger partial charge in [-0.2, -0.15) is 0 Å². The predicted octanol–water partition coefficient (Wildman–Crippen LogP) is 3.91. The Bertz CT molecular complexity index is 598. The van der Waals surface area contributed by atoms with Crippen molar-refractivity contribution in [1.29, 1.82) is 0 Å². The zero-order valence-electron chi connectivity index (χ0n) is 11.6. The third kappa shape index (κ3) is 3.64. The predicted molar refractivity (Wildman–Crippen MR) is 92.2 cm³/mol.